The molecule has 0 radical (unpaired) electrons. The number of nitrogens with zero attached hydrogens (tertiary/aromatic N) is 6. The molecule has 38 heteroatoms. The summed E-state index contributed by atoms with van der Waals surface area (Å²) in [5, 5.41) is 20.7. The Morgan fingerprint density at radius 2 is 0.763 bits per heavy atom. The second-order valence-electron chi connectivity index (χ2n) is 35.1. The Balaban J connectivity index is 0.000000130. The van der Waals surface area contributed by atoms with Gasteiger partial charge in [-0.05, 0) is 257 Å². The Bertz CT molecular complexity index is 7250. The third-order valence-electron chi connectivity index (χ3n) is 25.6. The fourth-order valence-electron chi connectivity index (χ4n) is 18.6. The molecule has 0 saturated heterocycles. The molecule has 1 fully saturated rings. The molecule has 12 heterocycles. The van der Waals surface area contributed by atoms with Crippen molar-refractivity contribution in [2.24, 2.45) is 11.8 Å². The summed E-state index contributed by atoms with van der Waals surface area (Å²) in [7, 11) is 0. The highest BCUT2D eigenvalue weighted by atomic mass is 35.5. The van der Waals surface area contributed by atoms with Gasteiger partial charge in [-0.2, -0.15) is 0 Å². The first-order valence-electron chi connectivity index (χ1n) is 45.3. The van der Waals surface area contributed by atoms with E-state index in [1.54, 1.807) is 58.9 Å². The summed E-state index contributed by atoms with van der Waals surface area (Å²) in [6.45, 7) is 17.6. The first-order chi connectivity index (χ1) is 64.5. The molecule has 1 saturated carbocycles. The highest BCUT2D eigenvalue weighted by Crippen LogP contribution is 2.38. The zero-order valence-electron chi connectivity index (χ0n) is 75.8. The lowest BCUT2D eigenvalue weighted by Crippen LogP contribution is -2.42. The number of aromatic nitrogens is 12. The van der Waals surface area contributed by atoms with Gasteiger partial charge in [0.1, 0.15) is 64.0 Å². The van der Waals surface area contributed by atoms with Crippen LogP contribution in [-0.4, -0.2) is 69.4 Å². The van der Waals surface area contributed by atoms with Crippen LogP contribution in [-0.2, 0) is 58.2 Å². The van der Waals surface area contributed by atoms with Gasteiger partial charge in [0.2, 0.25) is 0 Å². The monoisotopic (exact) mass is 1910 g/mol. The Morgan fingerprint density at radius 1 is 0.356 bits per heavy atom. The Labute approximate surface area is 783 Å². The largest absolute Gasteiger partial charge is 0.368 e. The van der Waals surface area contributed by atoms with Crippen LogP contribution in [0.15, 0.2) is 179 Å². The van der Waals surface area contributed by atoms with Crippen LogP contribution in [0.5, 0.6) is 0 Å². The lowest BCUT2D eigenvalue weighted by Gasteiger charge is -2.30. The number of aromatic amines is 6. The minimum atomic E-state index is -0.648. The van der Waals surface area contributed by atoms with Crippen LogP contribution in [0.25, 0.3) is 11.4 Å². The quantitative estimate of drug-likeness (QED) is 0.0506. The minimum absolute atomic E-state index is 0.0381. The minimum Gasteiger partial charge on any atom is -0.368 e. The fraction of sp³-hybridized carbons (Fsp3) is 0.381. The topological polar surface area (TPSA) is 401 Å². The van der Waals surface area contributed by atoms with Crippen LogP contribution < -0.4 is 99.4 Å². The molecule has 19 rings (SSSR count). The van der Waals surface area contributed by atoms with Crippen LogP contribution in [0, 0.1) is 54.8 Å². The van der Waals surface area contributed by atoms with E-state index in [9.17, 15) is 79.5 Å². The summed E-state index contributed by atoms with van der Waals surface area (Å²) in [6.07, 6.45) is 12.8. The van der Waals surface area contributed by atoms with Gasteiger partial charge in [-0.15, -0.1) is 0 Å². The standard InChI is InChI=1S/C19H22FN3O2.C17H20FN3O2.C16H18ClN3O2.C15H15ClFN3O2.C15H16ClN3O2.C15H15F2N3O2/c1-11-8-13(20)10-14(9-11)23-18(24)15-6-7-16(12-4-2-3-5-12)21-17(15)22-19(23)25;1-9(2)14-5-4-13-15(19-14)20-17(23)21(16(13)22)12-7-10(3)6-11(18)8-12;1-9(2)20-15(21)12-6-7-13(18-14(12)19-16(20)22)10-4-3-5-11(17)8-10;1-2-20-14(21)9-4-6-12(18-13(9)19-15(20)22)8-3-5-11(17)10(16)7-8;1-2-19-14(20)11-7-8-12(17-13(11)18-15(19)21)9-3-5-10(16)6-4-9;1-2-20-14(21)10-5-6-12(18-13(10)19-15(20)22)9-4-3-8(16)7-11(9)17/h8-10,12,16,21H,2-7H2,1H3,(H,22,25);6-9,14,19H,4-5H2,1-3H3,(H,20,23);3-5,8-9,13,18H,6-7H2,1-2H3,(H,19,22);3,5,7,12,18H,2,4,6H2,1H3,(H,19,22);3-6,12,17H,2,7-8H2,1H3,(H,18,21);3-4,7,12,18H,2,5-6H2,1H3,(H,19,22)/t16-;14-;13-;3*12-/m111111/s1. The van der Waals surface area contributed by atoms with Crippen molar-refractivity contribution >= 4 is 69.7 Å². The van der Waals surface area contributed by atoms with Crippen molar-refractivity contribution in [1.82, 2.24) is 57.3 Å². The molecule has 6 aromatic carbocycles. The molecular weight excluding hydrogens is 1810 g/mol. The maximum Gasteiger partial charge on any atom is 0.334 e. The Kier molecular flexibility index (Phi) is 30.5. The number of anilines is 6. The molecule has 0 amide bonds. The van der Waals surface area contributed by atoms with Crippen molar-refractivity contribution in [2.45, 2.75) is 227 Å². The van der Waals surface area contributed by atoms with E-state index < -0.39 is 57.9 Å². The summed E-state index contributed by atoms with van der Waals surface area (Å²) in [5.41, 5.74) is 4.08. The van der Waals surface area contributed by atoms with Gasteiger partial charge in [-0.25, -0.2) is 59.9 Å². The first kappa shape index (κ1) is 97.7. The number of nitrogens with one attached hydrogen (secondary N) is 12. The second-order valence-corrected chi connectivity index (χ2v) is 36.4. The predicted octanol–water partition coefficient (Wildman–Crippen LogP) is 14.8. The van der Waals surface area contributed by atoms with Crippen molar-refractivity contribution < 1.29 is 22.0 Å². The molecule has 0 spiro atoms. The first-order valence-corrected chi connectivity index (χ1v) is 46.4. The van der Waals surface area contributed by atoms with Crippen LogP contribution in [0.4, 0.5) is 56.9 Å². The molecule has 0 bridgehead atoms. The van der Waals surface area contributed by atoms with E-state index in [1.807, 2.05) is 62.4 Å². The Morgan fingerprint density at radius 3 is 1.21 bits per heavy atom. The highest BCUT2D eigenvalue weighted by molar-refractivity contribution is 6.31. The average molecular weight is 1920 g/mol. The smallest absolute Gasteiger partial charge is 0.334 e. The molecule has 0 unspecified atom stereocenters. The van der Waals surface area contributed by atoms with E-state index in [0.717, 1.165) is 62.1 Å². The van der Waals surface area contributed by atoms with Gasteiger partial charge < -0.3 is 31.9 Å². The number of hydrogen-bond donors (Lipinski definition) is 12. The lowest BCUT2D eigenvalue weighted by molar-refractivity contribution is 0.423. The van der Waals surface area contributed by atoms with Crippen LogP contribution in [0.2, 0.25) is 15.1 Å². The van der Waals surface area contributed by atoms with Gasteiger partial charge in [-0.1, -0.05) is 97.9 Å². The van der Waals surface area contributed by atoms with E-state index in [-0.39, 0.29) is 97.9 Å². The number of aryl methyl sites for hydroxylation is 2. The van der Waals surface area contributed by atoms with Crippen molar-refractivity contribution in [3.05, 3.63) is 357 Å². The van der Waals surface area contributed by atoms with Crippen LogP contribution >= 0.6 is 34.8 Å². The van der Waals surface area contributed by atoms with Crippen molar-refractivity contribution in [3.63, 3.8) is 0 Å². The van der Waals surface area contributed by atoms with E-state index in [4.69, 9.17) is 34.8 Å². The average Bonchev–Trinajstić information content (AvgIpc) is 1.24. The number of fused-ring (bicyclic) bond motifs is 6. The number of H-pyrrole nitrogens is 6. The Hall–Kier alpha value is -13.3. The maximum absolute atomic E-state index is 13.9. The van der Waals surface area contributed by atoms with E-state index in [2.05, 4.69) is 75.7 Å². The second kappa shape index (κ2) is 42.1. The van der Waals surface area contributed by atoms with Gasteiger partial charge in [0.25, 0.3) is 33.4 Å². The highest BCUT2D eigenvalue weighted by Gasteiger charge is 2.34. The third kappa shape index (κ3) is 21.7. The summed E-state index contributed by atoms with van der Waals surface area (Å²) >= 11 is 17.7. The van der Waals surface area contributed by atoms with Crippen molar-refractivity contribution in [2.75, 3.05) is 31.9 Å². The molecule has 12 aromatic rings. The normalized spacial score (nSPS) is 17.7. The van der Waals surface area contributed by atoms with Gasteiger partial charge in [0.15, 0.2) is 0 Å². The summed E-state index contributed by atoms with van der Waals surface area (Å²) in [6, 6.07) is 31.5. The SMILES string of the molecule is CC(C)n1c(=O)[nH]c2c(c1=O)CC[C@H](c1cccc(Cl)c1)N2.CCn1c(=O)[nH]c2c(c1=O)CC[C@H](c1ccc(Cl)cc1)N2.CCn1c(=O)[nH]c2c(c1=O)CC[C@H](c1ccc(F)c(Cl)c1)N2.CCn1c(=O)[nH]c2c(c1=O)CC[C@H](c1ccc(F)cc1F)N2.Cc1cc(F)cc(-n2c(=O)[nH]c3c(c2=O)CC[C@H](C(C)C)N3)c1.Cc1cc(F)cc(-n2c(=O)[nH]c3c(c2=O)CC[C@H](C2CCCC2)N3)c1. The number of hydrogen-bond acceptors (Lipinski definition) is 18. The molecular formula is C97H106Cl3F5N18O12. The molecule has 135 heavy (non-hydrogen) atoms. The van der Waals surface area contributed by atoms with E-state index >= 15 is 0 Å². The molecule has 6 aromatic heterocycles. The predicted molar refractivity (Wildman–Crippen MR) is 515 cm³/mol. The van der Waals surface area contributed by atoms with Crippen molar-refractivity contribution in [3.8, 4) is 11.4 Å². The van der Waals surface area contributed by atoms with E-state index in [0.29, 0.717) is 177 Å². The number of benzene rings is 6. The van der Waals surface area contributed by atoms with Gasteiger partial charge in [0, 0.05) is 59.4 Å². The fourth-order valence-corrected chi connectivity index (χ4v) is 19.1. The molecule has 30 nitrogen and oxygen atoms in total. The zero-order chi connectivity index (χ0) is 96.8. The zero-order valence-corrected chi connectivity index (χ0v) is 78.1. The summed E-state index contributed by atoms with van der Waals surface area (Å²) in [4.78, 5) is 164. The van der Waals surface area contributed by atoms with E-state index in [1.165, 1.54) is 81.8 Å². The molecule has 12 N–H and O–H groups in total. The van der Waals surface area contributed by atoms with Crippen LogP contribution in [0.3, 0.4) is 0 Å². The van der Waals surface area contributed by atoms with Gasteiger partial charge >= 0.3 is 34.1 Å². The molecule has 712 valence electrons. The lowest BCUT2D eigenvalue weighted by atomic mass is 9.90. The van der Waals surface area contributed by atoms with Gasteiger partial charge in [0.05, 0.1) is 73.9 Å². The summed E-state index contributed by atoms with van der Waals surface area (Å²) < 4.78 is 74.3. The number of rotatable bonds is 12. The maximum atomic E-state index is 13.9. The number of halogens is 8. The third-order valence-corrected chi connectivity index (χ3v) is 26.3. The van der Waals surface area contributed by atoms with Crippen molar-refractivity contribution in [1.29, 1.82) is 0 Å². The molecule has 1 aliphatic carbocycles. The summed E-state index contributed by atoms with van der Waals surface area (Å²) in [5.74, 6) is 1.20. The molecule has 6 aliphatic heterocycles. The molecule has 6 atom stereocenters. The van der Waals surface area contributed by atoms with Crippen LogP contribution in [0.1, 0.15) is 210 Å². The molecule has 7 aliphatic rings. The van der Waals surface area contributed by atoms with Gasteiger partial charge in [-0.3, -0.25) is 76.9 Å².